The average molecular weight is 400 g/mol. The van der Waals surface area contributed by atoms with Gasteiger partial charge in [-0.05, 0) is 44.5 Å². The Morgan fingerprint density at radius 3 is 2.59 bits per heavy atom. The van der Waals surface area contributed by atoms with E-state index >= 15 is 0 Å². The Kier molecular flexibility index (Phi) is 5.40. The van der Waals surface area contributed by atoms with Gasteiger partial charge in [0.15, 0.2) is 12.7 Å². The number of Topliss-reactive ketones (excluding diaryl/α,β-unsaturated/α-hetero) is 1. The van der Waals surface area contributed by atoms with Crippen LogP contribution in [0.2, 0.25) is 0 Å². The molecular weight excluding hydrogens is 380 g/mol. The number of rotatable bonds is 5. The zero-order valence-corrected chi connectivity index (χ0v) is 16.4. The maximum absolute atomic E-state index is 12.7. The molecule has 1 aromatic carbocycles. The second kappa shape index (κ2) is 7.78. The molecule has 0 saturated heterocycles. The Labute approximate surface area is 166 Å². The number of ketones is 1. The van der Waals surface area contributed by atoms with E-state index in [2.05, 4.69) is 10.3 Å². The number of benzene rings is 1. The SMILES string of the molecule is COC(=O)c1c(C)[nH]c(C(=O)C(C)OC(=O)c2ccc3c(c2)OCC(=O)N3)c1C. The maximum Gasteiger partial charge on any atom is 0.339 e. The fraction of sp³-hybridized carbons (Fsp3) is 0.300. The van der Waals surface area contributed by atoms with E-state index in [4.69, 9.17) is 14.2 Å². The summed E-state index contributed by atoms with van der Waals surface area (Å²) in [7, 11) is 1.26. The van der Waals surface area contributed by atoms with E-state index in [1.807, 2.05) is 0 Å². The number of esters is 2. The zero-order chi connectivity index (χ0) is 21.3. The van der Waals surface area contributed by atoms with Crippen LogP contribution in [0.5, 0.6) is 5.75 Å². The Bertz CT molecular complexity index is 1020. The van der Waals surface area contributed by atoms with Gasteiger partial charge in [0.25, 0.3) is 5.91 Å². The second-order valence-corrected chi connectivity index (χ2v) is 6.58. The van der Waals surface area contributed by atoms with E-state index in [1.54, 1.807) is 13.8 Å². The van der Waals surface area contributed by atoms with E-state index < -0.39 is 23.8 Å². The molecule has 0 aliphatic carbocycles. The topological polar surface area (TPSA) is 124 Å². The molecule has 1 unspecified atom stereocenters. The van der Waals surface area contributed by atoms with Crippen LogP contribution in [0.25, 0.3) is 0 Å². The van der Waals surface area contributed by atoms with Gasteiger partial charge >= 0.3 is 11.9 Å². The molecule has 1 aliphatic rings. The molecule has 0 spiro atoms. The number of amides is 1. The van der Waals surface area contributed by atoms with Crippen LogP contribution in [-0.4, -0.2) is 48.4 Å². The number of aromatic nitrogens is 1. The van der Waals surface area contributed by atoms with E-state index in [0.29, 0.717) is 22.7 Å². The summed E-state index contributed by atoms with van der Waals surface area (Å²) < 4.78 is 15.3. The lowest BCUT2D eigenvalue weighted by atomic mass is 10.1. The summed E-state index contributed by atoms with van der Waals surface area (Å²) in [6.45, 7) is 4.57. The number of aromatic amines is 1. The van der Waals surface area contributed by atoms with Crippen LogP contribution < -0.4 is 10.1 Å². The second-order valence-electron chi connectivity index (χ2n) is 6.58. The minimum absolute atomic E-state index is 0.144. The number of methoxy groups -OCH3 is 1. The van der Waals surface area contributed by atoms with Crippen molar-refractivity contribution in [1.29, 1.82) is 0 Å². The monoisotopic (exact) mass is 400 g/mol. The highest BCUT2D eigenvalue weighted by Gasteiger charge is 2.28. The molecule has 2 heterocycles. The molecule has 1 atom stereocenters. The molecular formula is C20H20N2O7. The highest BCUT2D eigenvalue weighted by molar-refractivity contribution is 6.05. The summed E-state index contributed by atoms with van der Waals surface area (Å²) in [6, 6.07) is 4.43. The van der Waals surface area contributed by atoms with Crippen LogP contribution in [0.15, 0.2) is 18.2 Å². The fourth-order valence-electron chi connectivity index (χ4n) is 3.09. The normalized spacial score (nSPS) is 13.6. The molecule has 2 N–H and O–H groups in total. The van der Waals surface area contributed by atoms with Gasteiger partial charge in [0.2, 0.25) is 5.78 Å². The number of ether oxygens (including phenoxy) is 3. The third-order valence-electron chi connectivity index (χ3n) is 4.58. The van der Waals surface area contributed by atoms with Crippen molar-refractivity contribution in [3.63, 3.8) is 0 Å². The third kappa shape index (κ3) is 3.84. The molecule has 29 heavy (non-hydrogen) atoms. The Balaban J connectivity index is 1.76. The molecule has 0 bridgehead atoms. The van der Waals surface area contributed by atoms with Crippen molar-refractivity contribution in [3.05, 3.63) is 46.3 Å². The summed E-state index contributed by atoms with van der Waals surface area (Å²) in [5.74, 6) is -1.69. The molecule has 3 rings (SSSR count). The molecule has 152 valence electrons. The molecule has 1 aliphatic heterocycles. The number of fused-ring (bicyclic) bond motifs is 1. The van der Waals surface area contributed by atoms with Gasteiger partial charge in [-0.2, -0.15) is 0 Å². The summed E-state index contributed by atoms with van der Waals surface area (Å²) in [5.41, 5.74) is 2.01. The molecule has 9 nitrogen and oxygen atoms in total. The molecule has 1 amide bonds. The Hall–Kier alpha value is -3.62. The molecule has 0 fully saturated rings. The van der Waals surface area contributed by atoms with Crippen molar-refractivity contribution in [2.75, 3.05) is 19.0 Å². The van der Waals surface area contributed by atoms with Gasteiger partial charge in [-0.25, -0.2) is 9.59 Å². The van der Waals surface area contributed by atoms with Gasteiger partial charge < -0.3 is 24.5 Å². The number of carbonyl (C=O) groups is 4. The lowest BCUT2D eigenvalue weighted by molar-refractivity contribution is -0.118. The van der Waals surface area contributed by atoms with Crippen LogP contribution in [0.3, 0.4) is 0 Å². The van der Waals surface area contributed by atoms with Gasteiger partial charge in [-0.3, -0.25) is 9.59 Å². The Morgan fingerprint density at radius 1 is 1.17 bits per heavy atom. The predicted molar refractivity (Wildman–Crippen MR) is 101 cm³/mol. The van der Waals surface area contributed by atoms with Crippen LogP contribution in [0.1, 0.15) is 49.4 Å². The van der Waals surface area contributed by atoms with Crippen molar-refractivity contribution >= 4 is 29.3 Å². The van der Waals surface area contributed by atoms with Gasteiger partial charge in [0, 0.05) is 5.69 Å². The quantitative estimate of drug-likeness (QED) is 0.582. The highest BCUT2D eigenvalue weighted by Crippen LogP contribution is 2.29. The number of aryl methyl sites for hydroxylation is 1. The summed E-state index contributed by atoms with van der Waals surface area (Å²) in [6.07, 6.45) is -1.10. The molecule has 9 heteroatoms. The van der Waals surface area contributed by atoms with Crippen LogP contribution in [0.4, 0.5) is 5.69 Å². The van der Waals surface area contributed by atoms with Crippen LogP contribution in [0, 0.1) is 13.8 Å². The number of H-pyrrole nitrogens is 1. The minimum atomic E-state index is -1.10. The maximum atomic E-state index is 12.7. The zero-order valence-electron chi connectivity index (χ0n) is 16.4. The molecule has 1 aromatic heterocycles. The van der Waals surface area contributed by atoms with Crippen molar-refractivity contribution in [2.45, 2.75) is 26.9 Å². The van der Waals surface area contributed by atoms with Gasteiger partial charge in [-0.15, -0.1) is 0 Å². The first-order chi connectivity index (χ1) is 13.7. The van der Waals surface area contributed by atoms with E-state index in [9.17, 15) is 19.2 Å². The first kappa shape index (κ1) is 20.1. The number of anilines is 1. The van der Waals surface area contributed by atoms with E-state index in [0.717, 1.165) is 0 Å². The highest BCUT2D eigenvalue weighted by atomic mass is 16.5. The summed E-state index contributed by atoms with van der Waals surface area (Å²) >= 11 is 0. The number of nitrogens with one attached hydrogen (secondary N) is 2. The fourth-order valence-corrected chi connectivity index (χ4v) is 3.09. The largest absolute Gasteiger partial charge is 0.482 e. The molecule has 0 saturated carbocycles. The first-order valence-electron chi connectivity index (χ1n) is 8.82. The lowest BCUT2D eigenvalue weighted by Gasteiger charge is -2.18. The van der Waals surface area contributed by atoms with Crippen molar-refractivity contribution in [2.24, 2.45) is 0 Å². The first-order valence-corrected chi connectivity index (χ1v) is 8.82. The number of carbonyl (C=O) groups excluding carboxylic acids is 4. The van der Waals surface area contributed by atoms with E-state index in [-0.39, 0.29) is 29.3 Å². The van der Waals surface area contributed by atoms with Crippen molar-refractivity contribution < 1.29 is 33.4 Å². The lowest BCUT2D eigenvalue weighted by Crippen LogP contribution is -2.27. The smallest absolute Gasteiger partial charge is 0.339 e. The van der Waals surface area contributed by atoms with E-state index in [1.165, 1.54) is 32.2 Å². The van der Waals surface area contributed by atoms with Crippen LogP contribution >= 0.6 is 0 Å². The number of hydrogen-bond acceptors (Lipinski definition) is 7. The average Bonchev–Trinajstić information content (AvgIpc) is 3.00. The van der Waals surface area contributed by atoms with Gasteiger partial charge in [-0.1, -0.05) is 0 Å². The molecule has 0 radical (unpaired) electrons. The van der Waals surface area contributed by atoms with Gasteiger partial charge in [0.05, 0.1) is 29.6 Å². The summed E-state index contributed by atoms with van der Waals surface area (Å²) in [5, 5.41) is 2.62. The van der Waals surface area contributed by atoms with Crippen molar-refractivity contribution in [3.8, 4) is 5.75 Å². The molecule has 2 aromatic rings. The summed E-state index contributed by atoms with van der Waals surface area (Å²) in [4.78, 5) is 51.3. The van der Waals surface area contributed by atoms with Crippen molar-refractivity contribution in [1.82, 2.24) is 4.98 Å². The number of hydrogen-bond donors (Lipinski definition) is 2. The standard InChI is InChI=1S/C20H20N2O7/c1-9-16(20(26)27-4)10(2)21-17(9)18(24)11(3)29-19(25)12-5-6-13-14(7-12)28-8-15(23)22-13/h5-7,11,21H,8H2,1-4H3,(H,22,23). The van der Waals surface area contributed by atoms with Crippen LogP contribution in [-0.2, 0) is 14.3 Å². The minimum Gasteiger partial charge on any atom is -0.482 e. The predicted octanol–water partition coefficient (Wildman–Crippen LogP) is 2.18. The van der Waals surface area contributed by atoms with Gasteiger partial charge in [0.1, 0.15) is 5.75 Å². The third-order valence-corrected chi connectivity index (χ3v) is 4.58. The Morgan fingerprint density at radius 2 is 1.90 bits per heavy atom.